The van der Waals surface area contributed by atoms with E-state index in [9.17, 15) is 4.79 Å². The molecular formula is C19H27Cl2N3O2. The second-order valence-electron chi connectivity index (χ2n) is 6.39. The summed E-state index contributed by atoms with van der Waals surface area (Å²) in [4.78, 5) is 18.6. The summed E-state index contributed by atoms with van der Waals surface area (Å²) in [6, 6.07) is 9.94. The Morgan fingerprint density at radius 2 is 2.08 bits per heavy atom. The molecule has 0 radical (unpaired) electrons. The zero-order valence-electron chi connectivity index (χ0n) is 15.0. The van der Waals surface area contributed by atoms with Crippen LogP contribution in [0, 0.1) is 5.92 Å². The van der Waals surface area contributed by atoms with Crippen LogP contribution < -0.4 is 5.32 Å². The summed E-state index contributed by atoms with van der Waals surface area (Å²) in [6.07, 6.45) is 4.91. The highest BCUT2D eigenvalue weighted by molar-refractivity contribution is 5.85. The van der Waals surface area contributed by atoms with E-state index < -0.39 is 0 Å². The maximum atomic E-state index is 12.3. The maximum absolute atomic E-state index is 12.3. The number of rotatable bonds is 7. The highest BCUT2D eigenvalue weighted by Gasteiger charge is 2.25. The molecule has 1 atom stereocenters. The Labute approximate surface area is 167 Å². The first-order valence-electron chi connectivity index (χ1n) is 8.69. The van der Waals surface area contributed by atoms with Crippen LogP contribution in [0.3, 0.4) is 0 Å². The summed E-state index contributed by atoms with van der Waals surface area (Å²) in [5.41, 5.74) is 1.03. The SMILES string of the molecule is CNCC1CCN(C(=O)CCCc2ncc(-c3ccccc3)o2)C1.Cl.Cl. The molecule has 26 heavy (non-hydrogen) atoms. The lowest BCUT2D eigenvalue weighted by atomic mass is 10.1. The molecule has 5 nitrogen and oxygen atoms in total. The van der Waals surface area contributed by atoms with E-state index in [-0.39, 0.29) is 30.7 Å². The van der Waals surface area contributed by atoms with Crippen molar-refractivity contribution in [3.63, 3.8) is 0 Å². The molecule has 1 aliphatic rings. The minimum atomic E-state index is 0. The topological polar surface area (TPSA) is 58.4 Å². The van der Waals surface area contributed by atoms with E-state index in [4.69, 9.17) is 4.42 Å². The van der Waals surface area contributed by atoms with Gasteiger partial charge in [-0.2, -0.15) is 0 Å². The van der Waals surface area contributed by atoms with Crippen molar-refractivity contribution in [3.8, 4) is 11.3 Å². The Bertz CT molecular complexity index is 664. The normalized spacial score (nSPS) is 16.0. The molecule has 3 rings (SSSR count). The average Bonchev–Trinajstić information content (AvgIpc) is 3.26. The number of halogens is 2. The van der Waals surface area contributed by atoms with Gasteiger partial charge in [0.1, 0.15) is 0 Å². The van der Waals surface area contributed by atoms with Crippen LogP contribution in [-0.2, 0) is 11.2 Å². The molecule has 1 aromatic carbocycles. The third kappa shape index (κ3) is 6.01. The first-order chi connectivity index (χ1) is 11.8. The number of likely N-dealkylation sites (tertiary alicyclic amines) is 1. The van der Waals surface area contributed by atoms with Gasteiger partial charge in [0, 0.05) is 31.5 Å². The van der Waals surface area contributed by atoms with E-state index in [1.54, 1.807) is 6.20 Å². The van der Waals surface area contributed by atoms with Gasteiger partial charge in [0.25, 0.3) is 0 Å². The monoisotopic (exact) mass is 399 g/mol. The van der Waals surface area contributed by atoms with E-state index in [1.165, 1.54) is 0 Å². The molecule has 7 heteroatoms. The number of hydrogen-bond acceptors (Lipinski definition) is 4. The third-order valence-electron chi connectivity index (χ3n) is 4.52. The summed E-state index contributed by atoms with van der Waals surface area (Å²) >= 11 is 0. The number of oxazole rings is 1. The predicted molar refractivity (Wildman–Crippen MR) is 108 cm³/mol. The number of nitrogens with zero attached hydrogens (tertiary/aromatic N) is 2. The van der Waals surface area contributed by atoms with E-state index in [2.05, 4.69) is 10.3 Å². The first kappa shape index (κ1) is 22.5. The molecule has 1 saturated heterocycles. The van der Waals surface area contributed by atoms with Crippen LogP contribution in [0.1, 0.15) is 25.2 Å². The van der Waals surface area contributed by atoms with Crippen molar-refractivity contribution < 1.29 is 9.21 Å². The molecule has 1 amide bonds. The van der Waals surface area contributed by atoms with Gasteiger partial charge in [0.15, 0.2) is 11.7 Å². The molecule has 0 bridgehead atoms. The molecule has 0 saturated carbocycles. The summed E-state index contributed by atoms with van der Waals surface area (Å²) in [7, 11) is 1.96. The Kier molecular flexibility index (Phi) is 9.70. The standard InChI is InChI=1S/C19H25N3O2.2ClH/c1-20-12-15-10-11-22(14-15)19(23)9-5-8-18-21-13-17(24-18)16-6-3-2-4-7-16;;/h2-4,6-7,13,15,20H,5,8-12,14H2,1H3;2*1H. The van der Waals surface area contributed by atoms with Gasteiger partial charge in [-0.15, -0.1) is 24.8 Å². The second kappa shape index (κ2) is 11.2. The van der Waals surface area contributed by atoms with Crippen molar-refractivity contribution in [2.45, 2.75) is 25.7 Å². The summed E-state index contributed by atoms with van der Waals surface area (Å²) in [5.74, 6) is 2.34. The van der Waals surface area contributed by atoms with Gasteiger partial charge in [-0.25, -0.2) is 4.98 Å². The maximum Gasteiger partial charge on any atom is 0.222 e. The number of benzene rings is 1. The smallest absolute Gasteiger partial charge is 0.222 e. The average molecular weight is 400 g/mol. The number of hydrogen-bond donors (Lipinski definition) is 1. The number of amides is 1. The molecule has 144 valence electrons. The van der Waals surface area contributed by atoms with Crippen LogP contribution in [0.4, 0.5) is 0 Å². The number of carbonyl (C=O) groups excluding carboxylic acids is 1. The van der Waals surface area contributed by atoms with Crippen molar-refractivity contribution >= 4 is 30.7 Å². The zero-order chi connectivity index (χ0) is 16.8. The number of aromatic nitrogens is 1. The Balaban J connectivity index is 0.00000169. The summed E-state index contributed by atoms with van der Waals surface area (Å²) < 4.78 is 5.78. The van der Waals surface area contributed by atoms with Crippen molar-refractivity contribution in [2.75, 3.05) is 26.7 Å². The van der Waals surface area contributed by atoms with Crippen molar-refractivity contribution in [1.82, 2.24) is 15.2 Å². The Hall–Kier alpha value is -1.56. The fourth-order valence-corrected chi connectivity index (χ4v) is 3.23. The van der Waals surface area contributed by atoms with Crippen LogP contribution in [0.2, 0.25) is 0 Å². The molecule has 1 fully saturated rings. The van der Waals surface area contributed by atoms with Crippen molar-refractivity contribution in [1.29, 1.82) is 0 Å². The van der Waals surface area contributed by atoms with Crippen molar-refractivity contribution in [3.05, 3.63) is 42.4 Å². The van der Waals surface area contributed by atoms with E-state index in [0.29, 0.717) is 24.7 Å². The molecule has 2 aromatic rings. The largest absolute Gasteiger partial charge is 0.441 e. The van der Waals surface area contributed by atoms with Gasteiger partial charge in [-0.05, 0) is 32.4 Å². The van der Waals surface area contributed by atoms with E-state index in [0.717, 1.165) is 43.8 Å². The third-order valence-corrected chi connectivity index (χ3v) is 4.52. The van der Waals surface area contributed by atoms with Gasteiger partial charge in [0.2, 0.25) is 5.91 Å². The van der Waals surface area contributed by atoms with Gasteiger partial charge in [0.05, 0.1) is 6.20 Å². The molecule has 1 N–H and O–H groups in total. The minimum absolute atomic E-state index is 0. The van der Waals surface area contributed by atoms with E-state index in [1.807, 2.05) is 42.3 Å². The highest BCUT2D eigenvalue weighted by Crippen LogP contribution is 2.21. The van der Waals surface area contributed by atoms with E-state index >= 15 is 0 Å². The Morgan fingerprint density at radius 1 is 1.31 bits per heavy atom. The molecule has 1 unspecified atom stereocenters. The van der Waals surface area contributed by atoms with Gasteiger partial charge in [-0.3, -0.25) is 4.79 Å². The lowest BCUT2D eigenvalue weighted by molar-refractivity contribution is -0.130. The first-order valence-corrected chi connectivity index (χ1v) is 8.69. The number of aryl methyl sites for hydroxylation is 1. The highest BCUT2D eigenvalue weighted by atomic mass is 35.5. The Morgan fingerprint density at radius 3 is 2.81 bits per heavy atom. The minimum Gasteiger partial charge on any atom is -0.441 e. The molecule has 2 heterocycles. The summed E-state index contributed by atoms with van der Waals surface area (Å²) in [5, 5.41) is 3.19. The quantitative estimate of drug-likeness (QED) is 0.772. The van der Waals surface area contributed by atoms with Crippen molar-refractivity contribution in [2.24, 2.45) is 5.92 Å². The zero-order valence-corrected chi connectivity index (χ0v) is 16.7. The van der Waals surface area contributed by atoms with Gasteiger partial charge < -0.3 is 14.6 Å². The molecular weight excluding hydrogens is 373 g/mol. The van der Waals surface area contributed by atoms with Crippen LogP contribution in [-0.4, -0.2) is 42.5 Å². The number of nitrogens with one attached hydrogen (secondary N) is 1. The second-order valence-corrected chi connectivity index (χ2v) is 6.39. The predicted octanol–water partition coefficient (Wildman–Crippen LogP) is 3.58. The van der Waals surface area contributed by atoms with Crippen LogP contribution in [0.15, 0.2) is 40.9 Å². The lowest BCUT2D eigenvalue weighted by Gasteiger charge is -2.16. The number of carbonyl (C=O) groups is 1. The molecule has 0 spiro atoms. The molecule has 1 aliphatic heterocycles. The fourth-order valence-electron chi connectivity index (χ4n) is 3.23. The van der Waals surface area contributed by atoms with Crippen LogP contribution in [0.5, 0.6) is 0 Å². The molecule has 0 aliphatic carbocycles. The summed E-state index contributed by atoms with van der Waals surface area (Å²) in [6.45, 7) is 2.77. The lowest BCUT2D eigenvalue weighted by Crippen LogP contribution is -2.30. The van der Waals surface area contributed by atoms with Gasteiger partial charge in [-0.1, -0.05) is 30.3 Å². The van der Waals surface area contributed by atoms with Gasteiger partial charge >= 0.3 is 0 Å². The molecule has 1 aromatic heterocycles. The van der Waals surface area contributed by atoms with Crippen LogP contribution in [0.25, 0.3) is 11.3 Å². The fraction of sp³-hybridized carbons (Fsp3) is 0.474. The van der Waals surface area contributed by atoms with Crippen LogP contribution >= 0.6 is 24.8 Å².